The highest BCUT2D eigenvalue weighted by molar-refractivity contribution is 5.96. The summed E-state index contributed by atoms with van der Waals surface area (Å²) in [6.45, 7) is 3.55. The molecule has 1 aliphatic carbocycles. The number of likely N-dealkylation sites (N-methyl/N-ethyl adjacent to an activating group) is 1. The second-order valence-corrected chi connectivity index (χ2v) is 10.6. The van der Waals surface area contributed by atoms with Crippen molar-refractivity contribution >= 4 is 16.5 Å². The fourth-order valence-corrected chi connectivity index (χ4v) is 5.21. The molecule has 202 valence electrons. The number of aromatic nitrogens is 4. The zero-order chi connectivity index (χ0) is 27.8. The largest absolute Gasteiger partial charge is 0.491 e. The van der Waals surface area contributed by atoms with Gasteiger partial charge in [0.25, 0.3) is 0 Å². The number of aryl methyl sites for hydroxylation is 1. The average molecular weight is 534 g/mol. The number of pyridine rings is 1. The van der Waals surface area contributed by atoms with E-state index < -0.39 is 0 Å². The van der Waals surface area contributed by atoms with Gasteiger partial charge in [-0.15, -0.1) is 0 Å². The number of nitrogens with one attached hydrogen (secondary N) is 1. The number of fused-ring (bicyclic) bond motifs is 2. The van der Waals surface area contributed by atoms with Crippen LogP contribution in [-0.2, 0) is 13.5 Å². The van der Waals surface area contributed by atoms with Crippen LogP contribution in [0.2, 0.25) is 0 Å². The fourth-order valence-electron chi connectivity index (χ4n) is 5.21. The minimum atomic E-state index is -0.245. The first-order chi connectivity index (χ1) is 19.4. The lowest BCUT2D eigenvalue weighted by Crippen LogP contribution is -2.19. The molecule has 0 bridgehead atoms. The van der Waals surface area contributed by atoms with E-state index in [9.17, 15) is 4.39 Å². The van der Waals surface area contributed by atoms with Crippen LogP contribution in [0, 0.1) is 5.82 Å². The molecule has 0 saturated carbocycles. The second kappa shape index (κ2) is 10.6. The summed E-state index contributed by atoms with van der Waals surface area (Å²) in [7, 11) is 6.01. The van der Waals surface area contributed by atoms with E-state index in [0.29, 0.717) is 6.61 Å². The van der Waals surface area contributed by atoms with Gasteiger partial charge in [0.05, 0.1) is 17.4 Å². The van der Waals surface area contributed by atoms with Crippen LogP contribution in [0.3, 0.4) is 0 Å². The van der Waals surface area contributed by atoms with Gasteiger partial charge >= 0.3 is 0 Å². The number of ether oxygens (including phenoxy) is 1. The Morgan fingerprint density at radius 1 is 1.00 bits per heavy atom. The third kappa shape index (κ3) is 5.08. The van der Waals surface area contributed by atoms with E-state index in [2.05, 4.69) is 58.2 Å². The van der Waals surface area contributed by atoms with Gasteiger partial charge in [-0.25, -0.2) is 4.39 Å². The Hall–Kier alpha value is -4.49. The van der Waals surface area contributed by atoms with Crippen molar-refractivity contribution in [1.82, 2.24) is 24.6 Å². The van der Waals surface area contributed by atoms with Crippen molar-refractivity contribution in [3.8, 4) is 28.3 Å². The zero-order valence-corrected chi connectivity index (χ0v) is 23.2. The molecule has 0 fully saturated rings. The molecule has 5 aromatic rings. The van der Waals surface area contributed by atoms with Crippen LogP contribution in [-0.4, -0.2) is 51.9 Å². The minimum Gasteiger partial charge on any atom is -0.491 e. The summed E-state index contributed by atoms with van der Waals surface area (Å²) in [6.07, 6.45) is 8.59. The van der Waals surface area contributed by atoms with Crippen LogP contribution in [0.1, 0.15) is 23.7 Å². The van der Waals surface area contributed by atoms with Crippen molar-refractivity contribution in [2.75, 3.05) is 27.2 Å². The van der Waals surface area contributed by atoms with E-state index in [-0.39, 0.29) is 5.82 Å². The molecule has 6 nitrogen and oxygen atoms in total. The molecule has 7 heteroatoms. The molecule has 1 aliphatic rings. The lowest BCUT2D eigenvalue weighted by Gasteiger charge is -2.11. The molecule has 1 N–H and O–H groups in total. The van der Waals surface area contributed by atoms with Gasteiger partial charge in [0.2, 0.25) is 0 Å². The zero-order valence-electron chi connectivity index (χ0n) is 23.2. The van der Waals surface area contributed by atoms with Crippen molar-refractivity contribution in [2.45, 2.75) is 13.3 Å². The Balaban J connectivity index is 1.40. The average Bonchev–Trinajstić information content (AvgIpc) is 3.44. The number of aromatic amines is 1. The molecule has 0 atom stereocenters. The molecule has 0 spiro atoms. The quantitative estimate of drug-likeness (QED) is 0.255. The van der Waals surface area contributed by atoms with Crippen molar-refractivity contribution in [3.63, 3.8) is 0 Å². The van der Waals surface area contributed by atoms with E-state index in [0.717, 1.165) is 74.5 Å². The van der Waals surface area contributed by atoms with Crippen LogP contribution in [0.25, 0.3) is 39.0 Å². The summed E-state index contributed by atoms with van der Waals surface area (Å²) in [5, 5.41) is 5.95. The van der Waals surface area contributed by atoms with Crippen molar-refractivity contribution < 1.29 is 9.13 Å². The van der Waals surface area contributed by atoms with Gasteiger partial charge < -0.3 is 14.6 Å². The number of halogens is 1. The van der Waals surface area contributed by atoms with Gasteiger partial charge in [-0.2, -0.15) is 5.10 Å². The smallest absolute Gasteiger partial charge is 0.138 e. The van der Waals surface area contributed by atoms with Gasteiger partial charge in [-0.05, 0) is 74.1 Å². The first-order valence-electron chi connectivity index (χ1n) is 13.4. The number of benzene rings is 2. The van der Waals surface area contributed by atoms with Crippen molar-refractivity contribution in [1.29, 1.82) is 0 Å². The molecular formula is C33H32FN5O. The molecule has 0 amide bonds. The van der Waals surface area contributed by atoms with Gasteiger partial charge in [0.15, 0.2) is 0 Å². The Labute approximate surface area is 233 Å². The Kier molecular flexibility index (Phi) is 6.82. The van der Waals surface area contributed by atoms with Crippen LogP contribution < -0.4 is 4.74 Å². The highest BCUT2D eigenvalue weighted by Gasteiger charge is 2.21. The number of nitrogens with zero attached hydrogens (tertiary/aromatic N) is 4. The number of allylic oxidation sites excluding steroid dienone is 3. The topological polar surface area (TPSA) is 59.0 Å². The molecule has 3 heterocycles. The summed E-state index contributed by atoms with van der Waals surface area (Å²) < 4.78 is 22.0. The van der Waals surface area contributed by atoms with E-state index in [1.54, 1.807) is 18.3 Å². The van der Waals surface area contributed by atoms with E-state index in [1.807, 2.05) is 44.2 Å². The van der Waals surface area contributed by atoms with Crippen molar-refractivity contribution in [3.05, 3.63) is 107 Å². The van der Waals surface area contributed by atoms with Crippen LogP contribution in [0.15, 0.2) is 84.7 Å². The molecule has 40 heavy (non-hydrogen) atoms. The second-order valence-electron chi connectivity index (χ2n) is 10.6. The Morgan fingerprint density at radius 3 is 2.70 bits per heavy atom. The Morgan fingerprint density at radius 2 is 1.88 bits per heavy atom. The Bertz CT molecular complexity index is 1780. The molecule has 0 aliphatic heterocycles. The molecular weight excluding hydrogens is 501 g/mol. The summed E-state index contributed by atoms with van der Waals surface area (Å²) in [6, 6.07) is 17.3. The van der Waals surface area contributed by atoms with Gasteiger partial charge in [-0.1, -0.05) is 35.9 Å². The maximum Gasteiger partial charge on any atom is 0.138 e. The standard InChI is InChI=1S/C33H32FN5O/c1-21-8-10-27(23-6-5-7-25(34)15-23)28-18-31(36-30(28)14-21)33-29-17-22(9-11-32(29)39(4)37-33)24-16-26(20-35-19-24)40-13-12-38(2)3/h5-11,15-20,36H,12-14H2,1-4H3. The lowest BCUT2D eigenvalue weighted by atomic mass is 9.97. The van der Waals surface area contributed by atoms with Gasteiger partial charge in [-0.3, -0.25) is 9.67 Å². The molecule has 0 unspecified atom stereocenters. The predicted octanol–water partition coefficient (Wildman–Crippen LogP) is 6.64. The number of hydrogen-bond acceptors (Lipinski definition) is 4. The van der Waals surface area contributed by atoms with Gasteiger partial charge in [0, 0.05) is 48.4 Å². The maximum absolute atomic E-state index is 14.1. The number of rotatable bonds is 7. The molecule has 6 rings (SSSR count). The normalized spacial score (nSPS) is 13.2. The van der Waals surface area contributed by atoms with Crippen LogP contribution in [0.5, 0.6) is 5.75 Å². The highest BCUT2D eigenvalue weighted by atomic mass is 19.1. The van der Waals surface area contributed by atoms with Crippen LogP contribution in [0.4, 0.5) is 4.39 Å². The lowest BCUT2D eigenvalue weighted by molar-refractivity contribution is 0.261. The van der Waals surface area contributed by atoms with Crippen LogP contribution >= 0.6 is 0 Å². The van der Waals surface area contributed by atoms with E-state index >= 15 is 0 Å². The molecule has 3 aromatic heterocycles. The minimum absolute atomic E-state index is 0.245. The molecule has 0 radical (unpaired) electrons. The number of H-pyrrole nitrogens is 1. The summed E-state index contributed by atoms with van der Waals surface area (Å²) in [5.74, 6) is 0.504. The SMILES string of the molecule is CC1=CC=C(c2cccc(F)c2)c2cc(-c3nn(C)c4ccc(-c5cncc(OCCN(C)C)c5)cc34)[nH]c2C1. The summed E-state index contributed by atoms with van der Waals surface area (Å²) >= 11 is 0. The molecule has 2 aromatic carbocycles. The van der Waals surface area contributed by atoms with Gasteiger partial charge in [0.1, 0.15) is 23.9 Å². The predicted molar refractivity (Wildman–Crippen MR) is 159 cm³/mol. The van der Waals surface area contributed by atoms with E-state index in [4.69, 9.17) is 9.84 Å². The fraction of sp³-hybridized carbons (Fsp3) is 0.212. The third-order valence-corrected chi connectivity index (χ3v) is 7.27. The van der Waals surface area contributed by atoms with E-state index in [1.165, 1.54) is 11.6 Å². The number of hydrogen-bond donors (Lipinski definition) is 1. The molecule has 0 saturated heterocycles. The van der Waals surface area contributed by atoms with Crippen molar-refractivity contribution in [2.24, 2.45) is 7.05 Å². The third-order valence-electron chi connectivity index (χ3n) is 7.27. The summed E-state index contributed by atoms with van der Waals surface area (Å²) in [4.78, 5) is 10.2. The monoisotopic (exact) mass is 533 g/mol. The first-order valence-corrected chi connectivity index (χ1v) is 13.4. The summed E-state index contributed by atoms with van der Waals surface area (Å²) in [5.41, 5.74) is 10.1. The highest BCUT2D eigenvalue weighted by Crippen LogP contribution is 2.37. The maximum atomic E-state index is 14.1. The first kappa shape index (κ1) is 25.8.